The third-order valence-corrected chi connectivity index (χ3v) is 4.65. The zero-order valence-electron chi connectivity index (χ0n) is 17.1. The lowest BCUT2D eigenvalue weighted by Gasteiger charge is -2.08. The normalized spacial score (nSPS) is 10.3. The quantitative estimate of drug-likeness (QED) is 0.422. The number of hydrogen-bond acceptors (Lipinski definition) is 4. The molecule has 7 heteroatoms. The van der Waals surface area contributed by atoms with Crippen LogP contribution < -0.4 is 10.6 Å². The molecule has 0 spiro atoms. The van der Waals surface area contributed by atoms with Crippen molar-refractivity contribution in [2.75, 3.05) is 19.7 Å². The number of halogens is 1. The Labute approximate surface area is 182 Å². The van der Waals surface area contributed by atoms with Crippen molar-refractivity contribution in [3.63, 3.8) is 0 Å². The summed E-state index contributed by atoms with van der Waals surface area (Å²) in [5.74, 6) is -0.644. The van der Waals surface area contributed by atoms with E-state index in [1.54, 1.807) is 24.3 Å². The van der Waals surface area contributed by atoms with E-state index in [1.165, 1.54) is 5.56 Å². The van der Waals surface area contributed by atoms with Crippen molar-refractivity contribution >= 4 is 29.4 Å². The summed E-state index contributed by atoms with van der Waals surface area (Å²) in [7, 11) is 0. The van der Waals surface area contributed by atoms with Crippen LogP contribution in [0.2, 0.25) is 5.02 Å². The Morgan fingerprint density at radius 2 is 1.60 bits per heavy atom. The van der Waals surface area contributed by atoms with Gasteiger partial charge in [0.25, 0.3) is 5.91 Å². The van der Waals surface area contributed by atoms with E-state index in [2.05, 4.69) is 10.6 Å². The molecule has 0 fully saturated rings. The molecule has 2 N–H and O–H groups in total. The molecule has 0 radical (unpaired) electrons. The molecule has 0 aromatic heterocycles. The van der Waals surface area contributed by atoms with Crippen LogP contribution in [0, 0.1) is 6.92 Å². The molecule has 6 nitrogen and oxygen atoms in total. The van der Waals surface area contributed by atoms with E-state index < -0.39 is 0 Å². The second-order valence-electron chi connectivity index (χ2n) is 6.92. The van der Waals surface area contributed by atoms with Crippen LogP contribution in [-0.4, -0.2) is 37.5 Å². The number of nitrogens with one attached hydrogen (secondary N) is 2. The van der Waals surface area contributed by atoms with Crippen molar-refractivity contribution in [1.82, 2.24) is 10.6 Å². The Morgan fingerprint density at radius 1 is 0.900 bits per heavy atom. The average Bonchev–Trinajstić information content (AvgIpc) is 2.74. The van der Waals surface area contributed by atoms with Crippen molar-refractivity contribution in [3.8, 4) is 0 Å². The fraction of sp³-hybridized carbons (Fsp3) is 0.348. The highest BCUT2D eigenvalue weighted by Gasteiger charge is 2.07. The number of amides is 2. The summed E-state index contributed by atoms with van der Waals surface area (Å²) >= 11 is 5.79. The van der Waals surface area contributed by atoms with E-state index in [1.807, 2.05) is 31.2 Å². The third-order valence-electron chi connectivity index (χ3n) is 4.40. The van der Waals surface area contributed by atoms with Crippen molar-refractivity contribution < 1.29 is 19.1 Å². The molecule has 160 valence electrons. The highest BCUT2D eigenvalue weighted by atomic mass is 35.5. The fourth-order valence-corrected chi connectivity index (χ4v) is 2.79. The number of aryl methyl sites for hydroxylation is 2. The van der Waals surface area contributed by atoms with Gasteiger partial charge in [0, 0.05) is 30.0 Å². The van der Waals surface area contributed by atoms with Gasteiger partial charge >= 0.3 is 5.97 Å². The van der Waals surface area contributed by atoms with Gasteiger partial charge < -0.3 is 15.4 Å². The first-order chi connectivity index (χ1) is 14.4. The number of rotatable bonds is 11. The first kappa shape index (κ1) is 23.4. The number of benzene rings is 2. The van der Waals surface area contributed by atoms with Crippen LogP contribution in [-0.2, 0) is 20.7 Å². The lowest BCUT2D eigenvalue weighted by Crippen LogP contribution is -2.28. The molecule has 0 aliphatic rings. The monoisotopic (exact) mass is 430 g/mol. The number of carbonyl (C=O) groups is 3. The van der Waals surface area contributed by atoms with Gasteiger partial charge in [0.05, 0.1) is 6.54 Å². The predicted octanol–water partition coefficient (Wildman–Crippen LogP) is 3.45. The van der Waals surface area contributed by atoms with Gasteiger partial charge in [0.2, 0.25) is 5.91 Å². The summed E-state index contributed by atoms with van der Waals surface area (Å²) in [6, 6.07) is 14.7. The predicted molar refractivity (Wildman–Crippen MR) is 116 cm³/mol. The van der Waals surface area contributed by atoms with Crippen molar-refractivity contribution in [2.45, 2.75) is 32.6 Å². The summed E-state index contributed by atoms with van der Waals surface area (Å²) in [5.41, 5.74) is 2.82. The van der Waals surface area contributed by atoms with Crippen LogP contribution in [0.25, 0.3) is 0 Å². The molecule has 2 aromatic rings. The van der Waals surface area contributed by atoms with Gasteiger partial charge in [-0.2, -0.15) is 0 Å². The fourth-order valence-electron chi connectivity index (χ4n) is 2.67. The third kappa shape index (κ3) is 9.09. The average molecular weight is 431 g/mol. The minimum atomic E-state index is -0.357. The Balaban J connectivity index is 1.49. The molecule has 0 aliphatic heterocycles. The van der Waals surface area contributed by atoms with E-state index >= 15 is 0 Å². The molecule has 0 aliphatic carbocycles. The molecule has 0 heterocycles. The molecule has 0 bridgehead atoms. The highest BCUT2D eigenvalue weighted by molar-refractivity contribution is 6.30. The van der Waals surface area contributed by atoms with E-state index in [0.29, 0.717) is 36.4 Å². The molecular weight excluding hydrogens is 404 g/mol. The van der Waals surface area contributed by atoms with Crippen LogP contribution in [0.5, 0.6) is 0 Å². The zero-order chi connectivity index (χ0) is 21.8. The molecule has 2 aromatic carbocycles. The van der Waals surface area contributed by atoms with Gasteiger partial charge in [-0.05, 0) is 49.6 Å². The Hall–Kier alpha value is -2.86. The molecule has 0 atom stereocenters. The van der Waals surface area contributed by atoms with E-state index in [0.717, 1.165) is 5.56 Å². The number of esters is 1. The number of ether oxygens (including phenoxy) is 1. The number of hydrogen-bond donors (Lipinski definition) is 2. The minimum Gasteiger partial charge on any atom is -0.464 e. The number of carbonyl (C=O) groups excluding carboxylic acids is 3. The first-order valence-electron chi connectivity index (χ1n) is 9.95. The Bertz CT molecular complexity index is 835. The van der Waals surface area contributed by atoms with Gasteiger partial charge in [-0.1, -0.05) is 41.4 Å². The maximum absolute atomic E-state index is 11.9. The van der Waals surface area contributed by atoms with Crippen molar-refractivity contribution in [3.05, 3.63) is 70.2 Å². The van der Waals surface area contributed by atoms with E-state index in [4.69, 9.17) is 16.3 Å². The van der Waals surface area contributed by atoms with Gasteiger partial charge in [-0.25, -0.2) is 0 Å². The molecular formula is C23H27ClN2O4. The molecule has 2 amide bonds. The summed E-state index contributed by atoms with van der Waals surface area (Å²) in [4.78, 5) is 35.5. The smallest absolute Gasteiger partial charge is 0.305 e. The van der Waals surface area contributed by atoms with E-state index in [-0.39, 0.29) is 37.4 Å². The largest absolute Gasteiger partial charge is 0.464 e. The zero-order valence-corrected chi connectivity index (χ0v) is 17.8. The lowest BCUT2D eigenvalue weighted by atomic mass is 10.1. The van der Waals surface area contributed by atoms with Crippen LogP contribution >= 0.6 is 11.6 Å². The second-order valence-corrected chi connectivity index (χ2v) is 7.36. The maximum Gasteiger partial charge on any atom is 0.305 e. The topological polar surface area (TPSA) is 84.5 Å². The van der Waals surface area contributed by atoms with Crippen LogP contribution in [0.15, 0.2) is 48.5 Å². The van der Waals surface area contributed by atoms with Crippen LogP contribution in [0.1, 0.15) is 40.7 Å². The first-order valence-corrected chi connectivity index (χ1v) is 10.3. The molecule has 0 saturated heterocycles. The highest BCUT2D eigenvalue weighted by Crippen LogP contribution is 2.09. The van der Waals surface area contributed by atoms with Gasteiger partial charge in [-0.15, -0.1) is 0 Å². The molecule has 0 saturated carbocycles. The minimum absolute atomic E-state index is 0.0727. The van der Waals surface area contributed by atoms with Gasteiger partial charge in [0.15, 0.2) is 0 Å². The van der Waals surface area contributed by atoms with E-state index in [9.17, 15) is 14.4 Å². The molecule has 30 heavy (non-hydrogen) atoms. The molecule has 2 rings (SSSR count). The van der Waals surface area contributed by atoms with Gasteiger partial charge in [-0.3, -0.25) is 14.4 Å². The summed E-state index contributed by atoms with van der Waals surface area (Å²) in [5, 5.41) is 6.05. The molecule has 0 unspecified atom stereocenters. The summed E-state index contributed by atoms with van der Waals surface area (Å²) in [6.45, 7) is 2.81. The lowest BCUT2D eigenvalue weighted by molar-refractivity contribution is -0.144. The maximum atomic E-state index is 11.9. The summed E-state index contributed by atoms with van der Waals surface area (Å²) in [6.07, 6.45) is 1.74. The van der Waals surface area contributed by atoms with Crippen LogP contribution in [0.4, 0.5) is 0 Å². The SMILES string of the molecule is Cc1ccc(CCC(=O)NCCOC(=O)CCCNC(=O)c2ccc(Cl)cc2)cc1. The van der Waals surface area contributed by atoms with Crippen molar-refractivity contribution in [2.24, 2.45) is 0 Å². The summed E-state index contributed by atoms with van der Waals surface area (Å²) < 4.78 is 5.09. The van der Waals surface area contributed by atoms with Crippen molar-refractivity contribution in [1.29, 1.82) is 0 Å². The van der Waals surface area contributed by atoms with Gasteiger partial charge in [0.1, 0.15) is 6.61 Å². The Morgan fingerprint density at radius 3 is 2.30 bits per heavy atom. The Kier molecular flexibility index (Phi) is 9.87. The standard InChI is InChI=1S/C23H27ClN2O4/c1-17-4-6-18(7-5-17)8-13-21(27)25-15-16-30-22(28)3-2-14-26-23(29)19-9-11-20(24)12-10-19/h4-7,9-12H,2-3,8,13-16H2,1H3,(H,25,27)(H,26,29). The second kappa shape index (κ2) is 12.6. The van der Waals surface area contributed by atoms with Crippen LogP contribution in [0.3, 0.4) is 0 Å².